The number of rotatable bonds is 4. The number of hydrogen-bond acceptors (Lipinski definition) is 5. The van der Waals surface area contributed by atoms with E-state index in [-0.39, 0.29) is 24.2 Å². The van der Waals surface area contributed by atoms with Gasteiger partial charge in [0.25, 0.3) is 0 Å². The van der Waals surface area contributed by atoms with Crippen molar-refractivity contribution in [2.45, 2.75) is 57.5 Å². The molecule has 2 aliphatic heterocycles. The fraction of sp³-hybridized carbons (Fsp3) is 0.560. The SMILES string of the molecule is C[C@@H]1CN(c2cnc(C(F)(F)F)cn2)[C@@H](C)CN1C(=O)NC1CC2(C1)CN(Cc1ccccc1)C2. The summed E-state index contributed by atoms with van der Waals surface area (Å²) in [6.45, 7) is 7.98. The first-order valence-electron chi connectivity index (χ1n) is 12.1. The lowest BCUT2D eigenvalue weighted by Crippen LogP contribution is -2.68. The number of urea groups is 1. The van der Waals surface area contributed by atoms with E-state index in [0.717, 1.165) is 44.9 Å². The van der Waals surface area contributed by atoms with Crippen LogP contribution in [0.5, 0.6) is 0 Å². The van der Waals surface area contributed by atoms with Crippen molar-refractivity contribution in [2.24, 2.45) is 5.41 Å². The molecule has 0 bridgehead atoms. The third kappa shape index (κ3) is 4.94. The molecule has 35 heavy (non-hydrogen) atoms. The standard InChI is InChI=1S/C25H31F3N6O/c1-17-13-34(18(2)12-33(17)22-11-29-21(10-30-22)25(26,27)28)23(35)31-20-8-24(9-20)15-32(16-24)14-19-6-4-3-5-7-19/h3-7,10-11,17-18,20H,8-9,12-16H2,1-2H3,(H,31,35)/t17-,18+/m0/s1. The summed E-state index contributed by atoms with van der Waals surface area (Å²) < 4.78 is 38.4. The fourth-order valence-electron chi connectivity index (χ4n) is 5.80. The van der Waals surface area contributed by atoms with Crippen molar-refractivity contribution in [3.63, 3.8) is 0 Å². The molecule has 3 heterocycles. The van der Waals surface area contributed by atoms with Gasteiger partial charge in [0.2, 0.25) is 0 Å². The van der Waals surface area contributed by atoms with E-state index in [4.69, 9.17) is 0 Å². The molecule has 1 N–H and O–H groups in total. The van der Waals surface area contributed by atoms with Crippen LogP contribution in [0, 0.1) is 5.41 Å². The number of carbonyl (C=O) groups is 1. The van der Waals surface area contributed by atoms with E-state index in [2.05, 4.69) is 44.5 Å². The van der Waals surface area contributed by atoms with Crippen LogP contribution in [0.4, 0.5) is 23.8 Å². The average molecular weight is 489 g/mol. The van der Waals surface area contributed by atoms with Crippen LogP contribution in [0.1, 0.15) is 37.9 Å². The number of nitrogens with zero attached hydrogens (tertiary/aromatic N) is 5. The van der Waals surface area contributed by atoms with E-state index >= 15 is 0 Å². The molecule has 2 amide bonds. The quantitative estimate of drug-likeness (QED) is 0.710. The molecule has 1 aromatic heterocycles. The molecular formula is C25H31F3N6O. The third-order valence-corrected chi connectivity index (χ3v) is 7.52. The number of halogens is 3. The number of aromatic nitrogens is 2. The Kier molecular flexibility index (Phi) is 6.11. The highest BCUT2D eigenvalue weighted by Crippen LogP contribution is 2.48. The summed E-state index contributed by atoms with van der Waals surface area (Å²) >= 11 is 0. The molecule has 2 atom stereocenters. The minimum atomic E-state index is -4.51. The number of alkyl halides is 3. The van der Waals surface area contributed by atoms with Gasteiger partial charge in [0.1, 0.15) is 5.82 Å². The highest BCUT2D eigenvalue weighted by Gasteiger charge is 2.52. The molecule has 3 fully saturated rings. The number of likely N-dealkylation sites (tertiary alicyclic amines) is 1. The summed E-state index contributed by atoms with van der Waals surface area (Å²) in [7, 11) is 0. The van der Waals surface area contributed by atoms with Gasteiger partial charge in [-0.2, -0.15) is 13.2 Å². The van der Waals surface area contributed by atoms with Crippen LogP contribution < -0.4 is 10.2 Å². The number of hydrogen-bond donors (Lipinski definition) is 1. The van der Waals surface area contributed by atoms with Gasteiger partial charge >= 0.3 is 12.2 Å². The molecule has 3 aliphatic rings. The second-order valence-corrected chi connectivity index (χ2v) is 10.4. The summed E-state index contributed by atoms with van der Waals surface area (Å²) in [4.78, 5) is 26.7. The topological polar surface area (TPSA) is 64.6 Å². The molecule has 0 unspecified atom stereocenters. The average Bonchev–Trinajstić information content (AvgIpc) is 2.77. The number of anilines is 1. The summed E-state index contributed by atoms with van der Waals surface area (Å²) in [5, 5.41) is 3.20. The van der Waals surface area contributed by atoms with E-state index in [9.17, 15) is 18.0 Å². The summed E-state index contributed by atoms with van der Waals surface area (Å²) in [5.74, 6) is 0.392. The van der Waals surface area contributed by atoms with E-state index < -0.39 is 11.9 Å². The summed E-state index contributed by atoms with van der Waals surface area (Å²) in [6.07, 6.45) is -0.569. The molecule has 5 rings (SSSR count). The summed E-state index contributed by atoms with van der Waals surface area (Å²) in [6, 6.07) is 10.4. The number of benzene rings is 1. The maximum Gasteiger partial charge on any atom is 0.434 e. The minimum Gasteiger partial charge on any atom is -0.349 e. The number of nitrogens with one attached hydrogen (secondary N) is 1. The highest BCUT2D eigenvalue weighted by atomic mass is 19.4. The minimum absolute atomic E-state index is 0.0668. The Morgan fingerprint density at radius 1 is 1.06 bits per heavy atom. The van der Waals surface area contributed by atoms with Gasteiger partial charge in [-0.05, 0) is 37.7 Å². The molecule has 188 valence electrons. The molecule has 2 saturated heterocycles. The number of amides is 2. The molecule has 1 aromatic carbocycles. The first kappa shape index (κ1) is 23.8. The van der Waals surface area contributed by atoms with Gasteiger partial charge in [0.05, 0.1) is 12.4 Å². The Balaban J connectivity index is 1.09. The molecular weight excluding hydrogens is 457 g/mol. The third-order valence-electron chi connectivity index (χ3n) is 7.52. The monoisotopic (exact) mass is 488 g/mol. The van der Waals surface area contributed by atoms with Crippen molar-refractivity contribution in [1.29, 1.82) is 0 Å². The van der Waals surface area contributed by atoms with Gasteiger partial charge in [0, 0.05) is 50.8 Å². The van der Waals surface area contributed by atoms with Crippen LogP contribution in [-0.4, -0.2) is 70.1 Å². The summed E-state index contributed by atoms with van der Waals surface area (Å²) in [5.41, 5.74) is 0.662. The Morgan fingerprint density at radius 2 is 1.77 bits per heavy atom. The first-order chi connectivity index (χ1) is 16.6. The Bertz CT molecular complexity index is 1030. The fourth-order valence-corrected chi connectivity index (χ4v) is 5.80. The second-order valence-electron chi connectivity index (χ2n) is 10.4. The molecule has 10 heteroatoms. The van der Waals surface area contributed by atoms with Gasteiger partial charge in [0.15, 0.2) is 5.69 Å². The maximum absolute atomic E-state index is 13.0. The normalized spacial score (nSPS) is 24.7. The largest absolute Gasteiger partial charge is 0.434 e. The zero-order valence-electron chi connectivity index (χ0n) is 20.0. The van der Waals surface area contributed by atoms with Crippen molar-refractivity contribution in [3.8, 4) is 0 Å². The van der Waals surface area contributed by atoms with E-state index in [0.29, 0.717) is 24.3 Å². The van der Waals surface area contributed by atoms with Gasteiger partial charge in [-0.3, -0.25) is 4.90 Å². The van der Waals surface area contributed by atoms with Crippen LogP contribution in [0.3, 0.4) is 0 Å². The maximum atomic E-state index is 13.0. The smallest absolute Gasteiger partial charge is 0.349 e. The van der Waals surface area contributed by atoms with Crippen LogP contribution in [-0.2, 0) is 12.7 Å². The van der Waals surface area contributed by atoms with Crippen LogP contribution in [0.2, 0.25) is 0 Å². The Hall–Kier alpha value is -2.88. The molecule has 1 aliphatic carbocycles. The predicted molar refractivity (Wildman–Crippen MR) is 126 cm³/mol. The Labute approximate surface area is 203 Å². The van der Waals surface area contributed by atoms with E-state index in [1.807, 2.05) is 29.7 Å². The zero-order chi connectivity index (χ0) is 24.8. The lowest BCUT2D eigenvalue weighted by molar-refractivity contribution is -0.141. The molecule has 0 radical (unpaired) electrons. The van der Waals surface area contributed by atoms with Crippen LogP contribution in [0.25, 0.3) is 0 Å². The van der Waals surface area contributed by atoms with Crippen molar-refractivity contribution in [1.82, 2.24) is 25.1 Å². The first-order valence-corrected chi connectivity index (χ1v) is 12.1. The van der Waals surface area contributed by atoms with Gasteiger partial charge in [-0.25, -0.2) is 14.8 Å². The van der Waals surface area contributed by atoms with E-state index in [1.54, 1.807) is 0 Å². The van der Waals surface area contributed by atoms with Crippen molar-refractivity contribution in [3.05, 3.63) is 54.0 Å². The second kappa shape index (κ2) is 8.96. The van der Waals surface area contributed by atoms with Gasteiger partial charge < -0.3 is 15.1 Å². The number of carbonyl (C=O) groups excluding carboxylic acids is 1. The molecule has 2 aromatic rings. The van der Waals surface area contributed by atoms with Crippen LogP contribution in [0.15, 0.2) is 42.7 Å². The van der Waals surface area contributed by atoms with Gasteiger partial charge in [-0.15, -0.1) is 0 Å². The van der Waals surface area contributed by atoms with Crippen molar-refractivity contribution < 1.29 is 18.0 Å². The predicted octanol–water partition coefficient (Wildman–Crippen LogP) is 3.77. The lowest BCUT2D eigenvalue weighted by atomic mass is 9.60. The molecule has 1 spiro atoms. The molecule has 7 nitrogen and oxygen atoms in total. The van der Waals surface area contributed by atoms with Crippen molar-refractivity contribution in [2.75, 3.05) is 31.1 Å². The van der Waals surface area contributed by atoms with E-state index in [1.165, 1.54) is 5.56 Å². The highest BCUT2D eigenvalue weighted by molar-refractivity contribution is 5.75. The zero-order valence-corrected chi connectivity index (χ0v) is 20.0. The van der Waals surface area contributed by atoms with Crippen LogP contribution >= 0.6 is 0 Å². The Morgan fingerprint density at radius 3 is 2.40 bits per heavy atom. The molecule has 1 saturated carbocycles. The van der Waals surface area contributed by atoms with Crippen molar-refractivity contribution >= 4 is 11.8 Å². The number of piperazine rings is 1. The van der Waals surface area contributed by atoms with Gasteiger partial charge in [-0.1, -0.05) is 30.3 Å². The lowest BCUT2D eigenvalue weighted by Gasteiger charge is -2.59.